The van der Waals surface area contributed by atoms with Crippen molar-refractivity contribution >= 4 is 16.9 Å². The Morgan fingerprint density at radius 3 is 2.39 bits per heavy atom. The molecule has 0 aliphatic carbocycles. The van der Waals surface area contributed by atoms with Crippen molar-refractivity contribution in [1.29, 1.82) is 0 Å². The fourth-order valence-corrected chi connectivity index (χ4v) is 3.85. The Labute approximate surface area is 193 Å². The lowest BCUT2D eigenvalue weighted by molar-refractivity contribution is 0.0939. The van der Waals surface area contributed by atoms with Crippen molar-refractivity contribution in [3.05, 3.63) is 99.2 Å². The van der Waals surface area contributed by atoms with Gasteiger partial charge in [0.15, 0.2) is 5.43 Å². The third-order valence-corrected chi connectivity index (χ3v) is 5.59. The summed E-state index contributed by atoms with van der Waals surface area (Å²) in [4.78, 5) is 25.4. The van der Waals surface area contributed by atoms with Crippen molar-refractivity contribution in [2.24, 2.45) is 0 Å². The van der Waals surface area contributed by atoms with Gasteiger partial charge >= 0.3 is 0 Å². The monoisotopic (exact) mass is 441 g/mol. The lowest BCUT2D eigenvalue weighted by Crippen LogP contribution is -2.27. The van der Waals surface area contributed by atoms with Crippen molar-refractivity contribution in [2.45, 2.75) is 33.7 Å². The first-order valence-corrected chi connectivity index (χ1v) is 11.0. The van der Waals surface area contributed by atoms with E-state index in [0.29, 0.717) is 28.9 Å². The van der Waals surface area contributed by atoms with Crippen LogP contribution in [0.2, 0.25) is 0 Å². The molecule has 0 fully saturated rings. The Kier molecular flexibility index (Phi) is 6.31. The van der Waals surface area contributed by atoms with Gasteiger partial charge in [-0.15, -0.1) is 0 Å². The molecule has 1 N–H and O–H groups in total. The quantitative estimate of drug-likeness (QED) is 0.400. The van der Waals surface area contributed by atoms with Gasteiger partial charge in [-0.05, 0) is 58.0 Å². The standard InChI is InChI=1S/C28H27NO4/c1-5-32-25-12-6-17(2)14-22(25)19(4)29-28(31)21-10-8-20(9-11-21)27-16-24(30)23-15-18(3)7-13-26(23)33-27/h6-16,19H,5H2,1-4H3,(H,29,31). The van der Waals surface area contributed by atoms with E-state index in [4.69, 9.17) is 9.15 Å². The maximum Gasteiger partial charge on any atom is 0.251 e. The van der Waals surface area contributed by atoms with Crippen LogP contribution in [0.1, 0.15) is 46.9 Å². The summed E-state index contributed by atoms with van der Waals surface area (Å²) in [6.45, 7) is 8.39. The number of rotatable bonds is 6. The largest absolute Gasteiger partial charge is 0.494 e. The van der Waals surface area contributed by atoms with Gasteiger partial charge in [0.25, 0.3) is 5.91 Å². The molecule has 0 aliphatic heterocycles. The number of hydrogen-bond donors (Lipinski definition) is 1. The van der Waals surface area contributed by atoms with Crippen LogP contribution in [0.4, 0.5) is 0 Å². The Morgan fingerprint density at radius 1 is 0.970 bits per heavy atom. The zero-order valence-electron chi connectivity index (χ0n) is 19.3. The van der Waals surface area contributed by atoms with Crippen LogP contribution in [0, 0.1) is 13.8 Å². The van der Waals surface area contributed by atoms with Gasteiger partial charge in [0.05, 0.1) is 18.0 Å². The summed E-state index contributed by atoms with van der Waals surface area (Å²) in [5.41, 5.74) is 4.76. The molecule has 33 heavy (non-hydrogen) atoms. The minimum atomic E-state index is -0.222. The fourth-order valence-electron chi connectivity index (χ4n) is 3.85. The highest BCUT2D eigenvalue weighted by Crippen LogP contribution is 2.27. The van der Waals surface area contributed by atoms with Crippen LogP contribution in [-0.2, 0) is 0 Å². The van der Waals surface area contributed by atoms with Gasteiger partial charge in [-0.1, -0.05) is 41.5 Å². The van der Waals surface area contributed by atoms with Crippen molar-refractivity contribution in [3.8, 4) is 17.1 Å². The zero-order valence-corrected chi connectivity index (χ0v) is 19.3. The molecule has 0 radical (unpaired) electrons. The number of benzene rings is 3. The fraction of sp³-hybridized carbons (Fsp3) is 0.214. The van der Waals surface area contributed by atoms with Crippen LogP contribution in [-0.4, -0.2) is 12.5 Å². The number of carbonyl (C=O) groups excluding carboxylic acids is 1. The summed E-state index contributed by atoms with van der Waals surface area (Å²) >= 11 is 0. The molecule has 3 aromatic carbocycles. The van der Waals surface area contributed by atoms with E-state index in [0.717, 1.165) is 28.0 Å². The molecule has 1 aromatic heterocycles. The normalized spacial score (nSPS) is 11.9. The number of amides is 1. The average molecular weight is 442 g/mol. The SMILES string of the molecule is CCOc1ccc(C)cc1C(C)NC(=O)c1ccc(-c2cc(=O)c3cc(C)ccc3o2)cc1. The van der Waals surface area contributed by atoms with Gasteiger partial charge in [-0.2, -0.15) is 0 Å². The smallest absolute Gasteiger partial charge is 0.251 e. The molecule has 5 heteroatoms. The molecule has 0 spiro atoms. The van der Waals surface area contributed by atoms with Crippen LogP contribution in [0.5, 0.6) is 5.75 Å². The van der Waals surface area contributed by atoms with E-state index in [2.05, 4.69) is 5.32 Å². The van der Waals surface area contributed by atoms with Crippen LogP contribution >= 0.6 is 0 Å². The summed E-state index contributed by atoms with van der Waals surface area (Å²) in [5, 5.41) is 3.61. The van der Waals surface area contributed by atoms with E-state index in [1.807, 2.05) is 58.0 Å². The second kappa shape index (κ2) is 9.33. The summed E-state index contributed by atoms with van der Waals surface area (Å²) in [5.74, 6) is 1.05. The van der Waals surface area contributed by atoms with Crippen molar-refractivity contribution in [1.82, 2.24) is 5.32 Å². The molecule has 1 unspecified atom stereocenters. The lowest BCUT2D eigenvalue weighted by atomic mass is 10.0. The molecule has 1 atom stereocenters. The molecule has 168 valence electrons. The third-order valence-electron chi connectivity index (χ3n) is 5.59. The van der Waals surface area contributed by atoms with Gasteiger partial charge in [-0.25, -0.2) is 0 Å². The maximum atomic E-state index is 12.9. The Hall–Kier alpha value is -3.86. The molecule has 0 aliphatic rings. The predicted octanol–water partition coefficient (Wildman–Crippen LogP) is 5.97. The van der Waals surface area contributed by atoms with Crippen LogP contribution in [0.3, 0.4) is 0 Å². The summed E-state index contributed by atoms with van der Waals surface area (Å²) in [6.07, 6.45) is 0. The maximum absolute atomic E-state index is 12.9. The highest BCUT2D eigenvalue weighted by Gasteiger charge is 2.16. The topological polar surface area (TPSA) is 68.5 Å². The number of aryl methyl sites for hydroxylation is 2. The molecule has 0 saturated heterocycles. The number of fused-ring (bicyclic) bond motifs is 1. The van der Waals surface area contributed by atoms with Gasteiger partial charge in [0.1, 0.15) is 17.1 Å². The molecule has 0 saturated carbocycles. The first kappa shape index (κ1) is 22.3. The molecule has 1 amide bonds. The van der Waals surface area contributed by atoms with E-state index in [9.17, 15) is 9.59 Å². The second-order valence-electron chi connectivity index (χ2n) is 8.22. The summed E-state index contributed by atoms with van der Waals surface area (Å²) < 4.78 is 11.7. The molecular formula is C28H27NO4. The number of ether oxygens (including phenoxy) is 1. The third kappa shape index (κ3) is 4.82. The van der Waals surface area contributed by atoms with Crippen LogP contribution in [0.15, 0.2) is 75.9 Å². The zero-order chi connectivity index (χ0) is 23.5. The number of hydrogen-bond acceptors (Lipinski definition) is 4. The van der Waals surface area contributed by atoms with E-state index in [1.54, 1.807) is 30.3 Å². The molecule has 1 heterocycles. The van der Waals surface area contributed by atoms with Gasteiger partial charge < -0.3 is 14.5 Å². The first-order valence-electron chi connectivity index (χ1n) is 11.0. The minimum absolute atomic E-state index is 0.0890. The molecule has 4 aromatic rings. The molecule has 5 nitrogen and oxygen atoms in total. The van der Waals surface area contributed by atoms with E-state index < -0.39 is 0 Å². The minimum Gasteiger partial charge on any atom is -0.494 e. The number of carbonyl (C=O) groups is 1. The highest BCUT2D eigenvalue weighted by atomic mass is 16.5. The molecular weight excluding hydrogens is 414 g/mol. The second-order valence-corrected chi connectivity index (χ2v) is 8.22. The van der Waals surface area contributed by atoms with Crippen molar-refractivity contribution in [2.75, 3.05) is 6.61 Å². The Morgan fingerprint density at radius 2 is 1.67 bits per heavy atom. The van der Waals surface area contributed by atoms with E-state index >= 15 is 0 Å². The van der Waals surface area contributed by atoms with Crippen molar-refractivity contribution in [3.63, 3.8) is 0 Å². The van der Waals surface area contributed by atoms with Gasteiger partial charge in [-0.3, -0.25) is 9.59 Å². The summed E-state index contributed by atoms with van der Waals surface area (Å²) in [7, 11) is 0. The first-order chi connectivity index (χ1) is 15.9. The summed E-state index contributed by atoms with van der Waals surface area (Å²) in [6, 6.07) is 19.8. The predicted molar refractivity (Wildman–Crippen MR) is 131 cm³/mol. The van der Waals surface area contributed by atoms with E-state index in [-0.39, 0.29) is 17.4 Å². The van der Waals surface area contributed by atoms with Crippen molar-refractivity contribution < 1.29 is 13.9 Å². The Balaban J connectivity index is 1.55. The van der Waals surface area contributed by atoms with Gasteiger partial charge in [0, 0.05) is 22.8 Å². The van der Waals surface area contributed by atoms with Crippen LogP contribution in [0.25, 0.3) is 22.3 Å². The van der Waals surface area contributed by atoms with E-state index in [1.165, 1.54) is 6.07 Å². The highest BCUT2D eigenvalue weighted by molar-refractivity contribution is 5.95. The Bertz CT molecular complexity index is 1370. The lowest BCUT2D eigenvalue weighted by Gasteiger charge is -2.19. The molecule has 0 bridgehead atoms. The molecule has 4 rings (SSSR count). The average Bonchev–Trinajstić information content (AvgIpc) is 2.80. The van der Waals surface area contributed by atoms with Gasteiger partial charge in [0.2, 0.25) is 0 Å². The van der Waals surface area contributed by atoms with Crippen LogP contribution < -0.4 is 15.5 Å². The number of nitrogens with one attached hydrogen (secondary N) is 1.